The van der Waals surface area contributed by atoms with Crippen LogP contribution in [0, 0.1) is 0 Å². The lowest BCUT2D eigenvalue weighted by Gasteiger charge is -2.12. The molecule has 1 heterocycles. The number of halogens is 1. The van der Waals surface area contributed by atoms with E-state index in [4.69, 9.17) is 5.11 Å². The van der Waals surface area contributed by atoms with Crippen LogP contribution < -0.4 is 0 Å². The van der Waals surface area contributed by atoms with Crippen molar-refractivity contribution in [3.05, 3.63) is 24.4 Å². The van der Waals surface area contributed by atoms with Gasteiger partial charge in [-0.1, -0.05) is 12.2 Å². The summed E-state index contributed by atoms with van der Waals surface area (Å²) in [5.74, 6) is 0. The van der Waals surface area contributed by atoms with Crippen molar-refractivity contribution in [2.24, 2.45) is 0 Å². The molecule has 10 heavy (non-hydrogen) atoms. The Morgan fingerprint density at radius 2 is 2.20 bits per heavy atom. The molecule has 1 amide bonds. The molecule has 0 saturated carbocycles. The Hall–Kier alpha value is -0.960. The number of carbonyl (C=O) groups is 1. The average molecular weight is 162 g/mol. The molecular formula is C6H8ClNO2. The summed E-state index contributed by atoms with van der Waals surface area (Å²) >= 11 is 0. The summed E-state index contributed by atoms with van der Waals surface area (Å²) < 4.78 is 0. The van der Waals surface area contributed by atoms with Crippen molar-refractivity contribution in [3.63, 3.8) is 0 Å². The predicted octanol–water partition coefficient (Wildman–Crippen LogP) is 1.47. The summed E-state index contributed by atoms with van der Waals surface area (Å²) in [7, 11) is 0. The van der Waals surface area contributed by atoms with Crippen molar-refractivity contribution in [2.45, 2.75) is 0 Å². The molecule has 0 saturated heterocycles. The molecule has 3 nitrogen and oxygen atoms in total. The number of hydrogen-bond acceptors (Lipinski definition) is 1. The summed E-state index contributed by atoms with van der Waals surface area (Å²) in [6.45, 7) is 0.464. The van der Waals surface area contributed by atoms with Crippen molar-refractivity contribution in [1.82, 2.24) is 4.90 Å². The van der Waals surface area contributed by atoms with E-state index >= 15 is 0 Å². The van der Waals surface area contributed by atoms with Crippen LogP contribution in [0.2, 0.25) is 0 Å². The fourth-order valence-corrected chi connectivity index (χ4v) is 0.609. The third kappa shape index (κ3) is 2.11. The molecule has 0 aliphatic carbocycles. The Balaban J connectivity index is 0.000000810. The van der Waals surface area contributed by atoms with Gasteiger partial charge in [0.1, 0.15) is 0 Å². The van der Waals surface area contributed by atoms with Crippen LogP contribution in [0.4, 0.5) is 4.79 Å². The molecule has 1 N–H and O–H groups in total. The molecule has 1 aliphatic heterocycles. The van der Waals surface area contributed by atoms with Crippen LogP contribution in [-0.4, -0.2) is 22.6 Å². The average Bonchev–Trinajstić information content (AvgIpc) is 1.90. The van der Waals surface area contributed by atoms with Crippen molar-refractivity contribution in [1.29, 1.82) is 0 Å². The van der Waals surface area contributed by atoms with E-state index in [9.17, 15) is 4.79 Å². The minimum atomic E-state index is -0.907. The maximum atomic E-state index is 10.2. The van der Waals surface area contributed by atoms with Gasteiger partial charge in [-0.2, -0.15) is 0 Å². The first-order valence-corrected chi connectivity index (χ1v) is 2.63. The van der Waals surface area contributed by atoms with Crippen molar-refractivity contribution in [2.75, 3.05) is 6.54 Å². The number of rotatable bonds is 0. The Morgan fingerprint density at radius 3 is 2.50 bits per heavy atom. The Morgan fingerprint density at radius 1 is 1.50 bits per heavy atom. The van der Waals surface area contributed by atoms with Gasteiger partial charge < -0.3 is 5.11 Å². The fraction of sp³-hybridized carbons (Fsp3) is 0.167. The first kappa shape index (κ1) is 9.04. The van der Waals surface area contributed by atoms with E-state index in [1.165, 1.54) is 11.1 Å². The summed E-state index contributed by atoms with van der Waals surface area (Å²) in [4.78, 5) is 11.4. The van der Waals surface area contributed by atoms with E-state index in [1.807, 2.05) is 6.08 Å². The van der Waals surface area contributed by atoms with Gasteiger partial charge in [0.2, 0.25) is 0 Å². The molecule has 4 heteroatoms. The first-order valence-electron chi connectivity index (χ1n) is 2.63. The molecule has 0 spiro atoms. The Bertz CT molecular complexity index is 177. The quantitative estimate of drug-likeness (QED) is 0.585. The van der Waals surface area contributed by atoms with Crippen molar-refractivity contribution in [3.8, 4) is 0 Å². The van der Waals surface area contributed by atoms with Crippen LogP contribution in [0.3, 0.4) is 0 Å². The Labute approximate surface area is 65.0 Å². The smallest absolute Gasteiger partial charge is 0.411 e. The molecular weight excluding hydrogens is 154 g/mol. The van der Waals surface area contributed by atoms with E-state index in [1.54, 1.807) is 12.2 Å². The summed E-state index contributed by atoms with van der Waals surface area (Å²) in [6.07, 6.45) is 5.92. The van der Waals surface area contributed by atoms with Crippen molar-refractivity contribution >= 4 is 18.5 Å². The highest BCUT2D eigenvalue weighted by molar-refractivity contribution is 5.85. The maximum Gasteiger partial charge on any atom is 0.411 e. The minimum absolute atomic E-state index is 0. The highest BCUT2D eigenvalue weighted by Crippen LogP contribution is 1.97. The van der Waals surface area contributed by atoms with Gasteiger partial charge >= 0.3 is 6.09 Å². The second kappa shape index (κ2) is 3.95. The summed E-state index contributed by atoms with van der Waals surface area (Å²) in [6, 6.07) is 0. The second-order valence-electron chi connectivity index (χ2n) is 1.70. The monoisotopic (exact) mass is 161 g/mol. The van der Waals surface area contributed by atoms with E-state index in [0.29, 0.717) is 6.54 Å². The van der Waals surface area contributed by atoms with Crippen LogP contribution >= 0.6 is 12.4 Å². The van der Waals surface area contributed by atoms with E-state index in [2.05, 4.69) is 0 Å². The van der Waals surface area contributed by atoms with Gasteiger partial charge in [-0.3, -0.25) is 4.90 Å². The van der Waals surface area contributed by atoms with Crippen LogP contribution in [0.1, 0.15) is 0 Å². The van der Waals surface area contributed by atoms with Gasteiger partial charge in [-0.15, -0.1) is 12.4 Å². The third-order valence-electron chi connectivity index (χ3n) is 1.06. The minimum Gasteiger partial charge on any atom is -0.465 e. The van der Waals surface area contributed by atoms with Crippen LogP contribution in [0.5, 0.6) is 0 Å². The van der Waals surface area contributed by atoms with Gasteiger partial charge in [-0.05, 0) is 6.08 Å². The third-order valence-corrected chi connectivity index (χ3v) is 1.06. The number of amides is 1. The van der Waals surface area contributed by atoms with Crippen molar-refractivity contribution < 1.29 is 9.90 Å². The van der Waals surface area contributed by atoms with Gasteiger partial charge in [0.15, 0.2) is 0 Å². The zero-order chi connectivity index (χ0) is 6.69. The number of allylic oxidation sites excluding steroid dienone is 2. The van der Waals surface area contributed by atoms with Crippen LogP contribution in [0.15, 0.2) is 24.4 Å². The summed E-state index contributed by atoms with van der Waals surface area (Å²) in [5, 5.41) is 8.38. The topological polar surface area (TPSA) is 40.5 Å². The molecule has 1 rings (SSSR count). The maximum absolute atomic E-state index is 10.2. The molecule has 0 radical (unpaired) electrons. The number of nitrogens with zero attached hydrogens (tertiary/aromatic N) is 1. The second-order valence-corrected chi connectivity index (χ2v) is 1.70. The molecule has 0 unspecified atom stereocenters. The zero-order valence-electron chi connectivity index (χ0n) is 5.23. The molecule has 1 aliphatic rings. The van der Waals surface area contributed by atoms with Gasteiger partial charge in [0, 0.05) is 12.7 Å². The zero-order valence-corrected chi connectivity index (χ0v) is 6.04. The molecule has 56 valence electrons. The lowest BCUT2D eigenvalue weighted by molar-refractivity contribution is 0.166. The first-order chi connectivity index (χ1) is 4.30. The molecule has 0 aromatic carbocycles. The highest BCUT2D eigenvalue weighted by atomic mass is 35.5. The van der Waals surface area contributed by atoms with E-state index in [-0.39, 0.29) is 12.4 Å². The number of carboxylic acid groups (broad SMARTS) is 1. The fourth-order valence-electron chi connectivity index (χ4n) is 0.609. The van der Waals surface area contributed by atoms with E-state index < -0.39 is 6.09 Å². The lowest BCUT2D eigenvalue weighted by Crippen LogP contribution is -2.24. The predicted molar refractivity (Wildman–Crippen MR) is 40.3 cm³/mol. The molecule has 0 aromatic heterocycles. The molecule has 0 aromatic rings. The van der Waals surface area contributed by atoms with Crippen LogP contribution in [-0.2, 0) is 0 Å². The van der Waals surface area contributed by atoms with Gasteiger partial charge in [-0.25, -0.2) is 4.79 Å². The molecule has 0 atom stereocenters. The van der Waals surface area contributed by atoms with Gasteiger partial charge in [0.05, 0.1) is 0 Å². The largest absolute Gasteiger partial charge is 0.465 e. The van der Waals surface area contributed by atoms with E-state index in [0.717, 1.165) is 0 Å². The number of hydrogen-bond donors (Lipinski definition) is 1. The normalized spacial score (nSPS) is 14.6. The lowest BCUT2D eigenvalue weighted by atomic mass is 10.4. The highest BCUT2D eigenvalue weighted by Gasteiger charge is 2.05. The molecule has 0 bridgehead atoms. The van der Waals surface area contributed by atoms with Gasteiger partial charge in [0.25, 0.3) is 0 Å². The standard InChI is InChI=1S/C6H7NO2.ClH/c8-6(9)7-4-2-1-3-5-7;/h1-4H,5H2,(H,8,9);1H. The SMILES string of the molecule is Cl.O=C(O)N1C=CC=CC1. The molecule has 0 fully saturated rings. The summed E-state index contributed by atoms with van der Waals surface area (Å²) in [5.41, 5.74) is 0. The Kier molecular flexibility index (Phi) is 3.57. The van der Waals surface area contributed by atoms with Crippen LogP contribution in [0.25, 0.3) is 0 Å².